The van der Waals surface area contributed by atoms with Gasteiger partial charge in [-0.2, -0.15) is 0 Å². The summed E-state index contributed by atoms with van der Waals surface area (Å²) in [4.78, 5) is 12.7. The van der Waals surface area contributed by atoms with Crippen LogP contribution in [0.4, 0.5) is 0 Å². The minimum absolute atomic E-state index is 0.0588. The number of hydrogen-bond acceptors (Lipinski definition) is 3. The van der Waals surface area contributed by atoms with Gasteiger partial charge in [-0.25, -0.2) is 0 Å². The van der Waals surface area contributed by atoms with Crippen LogP contribution in [0, 0.1) is 6.92 Å². The fourth-order valence-electron chi connectivity index (χ4n) is 3.01. The first-order chi connectivity index (χ1) is 12.8. The molecule has 0 saturated carbocycles. The molecule has 4 heteroatoms. The van der Waals surface area contributed by atoms with Crippen LogP contribution >= 0.6 is 0 Å². The van der Waals surface area contributed by atoms with Gasteiger partial charge in [-0.15, -0.1) is 0 Å². The maximum Gasteiger partial charge on any atom is 0.261 e. The van der Waals surface area contributed by atoms with Crippen LogP contribution < -0.4 is 14.8 Å². The van der Waals surface area contributed by atoms with E-state index in [4.69, 9.17) is 9.47 Å². The second-order valence-electron chi connectivity index (χ2n) is 7.20. The van der Waals surface area contributed by atoms with Crippen molar-refractivity contribution in [3.63, 3.8) is 0 Å². The third-order valence-corrected chi connectivity index (χ3v) is 4.71. The Hall–Kier alpha value is -2.49. The predicted molar refractivity (Wildman–Crippen MR) is 110 cm³/mol. The molecule has 27 heavy (non-hydrogen) atoms. The summed E-state index contributed by atoms with van der Waals surface area (Å²) in [6, 6.07) is 13.9. The SMILES string of the molecule is CC[C@H](NC(=O)[C@H](C)Oc1cc(C)ccc1C(C)C)c1ccc(OC)cc1. The number of aryl methyl sites for hydroxylation is 1. The van der Waals surface area contributed by atoms with Crippen molar-refractivity contribution < 1.29 is 14.3 Å². The fourth-order valence-corrected chi connectivity index (χ4v) is 3.01. The summed E-state index contributed by atoms with van der Waals surface area (Å²) in [6.45, 7) is 10.1. The van der Waals surface area contributed by atoms with E-state index in [9.17, 15) is 4.79 Å². The molecule has 0 aliphatic rings. The molecule has 0 heterocycles. The highest BCUT2D eigenvalue weighted by Crippen LogP contribution is 2.28. The molecule has 0 radical (unpaired) electrons. The van der Waals surface area contributed by atoms with Gasteiger partial charge in [0.2, 0.25) is 0 Å². The van der Waals surface area contributed by atoms with Crippen molar-refractivity contribution in [3.8, 4) is 11.5 Å². The molecule has 1 amide bonds. The number of carbonyl (C=O) groups is 1. The zero-order valence-electron chi connectivity index (χ0n) is 17.2. The maximum absolute atomic E-state index is 12.7. The van der Waals surface area contributed by atoms with E-state index in [0.717, 1.165) is 34.6 Å². The average molecular weight is 370 g/mol. The number of nitrogens with one attached hydrogen (secondary N) is 1. The van der Waals surface area contributed by atoms with Crippen LogP contribution in [0.1, 0.15) is 62.8 Å². The quantitative estimate of drug-likeness (QED) is 0.699. The third kappa shape index (κ3) is 5.49. The van der Waals surface area contributed by atoms with Crippen molar-refractivity contribution in [2.24, 2.45) is 0 Å². The summed E-state index contributed by atoms with van der Waals surface area (Å²) in [5.41, 5.74) is 3.28. The molecule has 0 spiro atoms. The van der Waals surface area contributed by atoms with Crippen LogP contribution in [0.15, 0.2) is 42.5 Å². The molecule has 0 unspecified atom stereocenters. The number of methoxy groups -OCH3 is 1. The largest absolute Gasteiger partial charge is 0.497 e. The zero-order chi connectivity index (χ0) is 20.0. The Bertz CT molecular complexity index is 753. The minimum atomic E-state index is -0.573. The Balaban J connectivity index is 2.09. The van der Waals surface area contributed by atoms with E-state index in [0.29, 0.717) is 5.92 Å². The molecular weight excluding hydrogens is 338 g/mol. The lowest BCUT2D eigenvalue weighted by atomic mass is 10.0. The number of rotatable bonds is 8. The van der Waals surface area contributed by atoms with Gasteiger partial charge in [0.15, 0.2) is 6.10 Å². The van der Waals surface area contributed by atoms with Gasteiger partial charge in [-0.3, -0.25) is 4.79 Å². The van der Waals surface area contributed by atoms with Gasteiger partial charge in [0.1, 0.15) is 11.5 Å². The molecule has 0 aromatic heterocycles. The highest BCUT2D eigenvalue weighted by atomic mass is 16.5. The summed E-state index contributed by atoms with van der Waals surface area (Å²) in [7, 11) is 1.64. The molecule has 2 atom stereocenters. The van der Waals surface area contributed by atoms with Gasteiger partial charge in [-0.05, 0) is 61.1 Å². The van der Waals surface area contributed by atoms with Crippen molar-refractivity contribution in [1.29, 1.82) is 0 Å². The number of carbonyl (C=O) groups excluding carboxylic acids is 1. The molecule has 0 bridgehead atoms. The monoisotopic (exact) mass is 369 g/mol. The summed E-state index contributed by atoms with van der Waals surface area (Å²) in [5.74, 6) is 1.80. The van der Waals surface area contributed by atoms with Crippen LogP contribution in [0.2, 0.25) is 0 Å². The zero-order valence-corrected chi connectivity index (χ0v) is 17.2. The van der Waals surface area contributed by atoms with E-state index < -0.39 is 6.10 Å². The summed E-state index contributed by atoms with van der Waals surface area (Å²) in [5, 5.41) is 3.10. The van der Waals surface area contributed by atoms with Gasteiger partial charge < -0.3 is 14.8 Å². The topological polar surface area (TPSA) is 47.6 Å². The fraction of sp³-hybridized carbons (Fsp3) is 0.435. The van der Waals surface area contributed by atoms with Crippen LogP contribution in [0.5, 0.6) is 11.5 Å². The normalized spacial score (nSPS) is 13.1. The Labute approximate surface area is 162 Å². The third-order valence-electron chi connectivity index (χ3n) is 4.71. The lowest BCUT2D eigenvalue weighted by Crippen LogP contribution is -2.38. The van der Waals surface area contributed by atoms with Gasteiger partial charge in [0.25, 0.3) is 5.91 Å². The van der Waals surface area contributed by atoms with Crippen molar-refractivity contribution >= 4 is 5.91 Å². The smallest absolute Gasteiger partial charge is 0.261 e. The molecule has 4 nitrogen and oxygen atoms in total. The Morgan fingerprint density at radius 1 is 1.07 bits per heavy atom. The molecule has 146 valence electrons. The van der Waals surface area contributed by atoms with E-state index in [1.807, 2.05) is 37.3 Å². The highest BCUT2D eigenvalue weighted by molar-refractivity contribution is 5.81. The number of hydrogen-bond donors (Lipinski definition) is 1. The lowest BCUT2D eigenvalue weighted by Gasteiger charge is -2.23. The molecule has 2 aromatic carbocycles. The first kappa shape index (κ1) is 20.8. The summed E-state index contributed by atoms with van der Waals surface area (Å²) >= 11 is 0. The second kappa shape index (κ2) is 9.45. The molecular formula is C23H31NO3. The lowest BCUT2D eigenvalue weighted by molar-refractivity contribution is -0.128. The molecule has 0 saturated heterocycles. The van der Waals surface area contributed by atoms with Crippen LogP contribution in [0.25, 0.3) is 0 Å². The van der Waals surface area contributed by atoms with E-state index in [1.165, 1.54) is 0 Å². The molecule has 1 N–H and O–H groups in total. The van der Waals surface area contributed by atoms with Gasteiger partial charge in [-0.1, -0.05) is 45.0 Å². The Morgan fingerprint density at radius 2 is 1.74 bits per heavy atom. The maximum atomic E-state index is 12.7. The van der Waals surface area contributed by atoms with Crippen LogP contribution in [-0.2, 0) is 4.79 Å². The van der Waals surface area contributed by atoms with Crippen molar-refractivity contribution in [2.45, 2.75) is 59.1 Å². The van der Waals surface area contributed by atoms with Crippen molar-refractivity contribution in [1.82, 2.24) is 5.32 Å². The number of ether oxygens (including phenoxy) is 2. The molecule has 2 rings (SSSR count). The number of amides is 1. The molecule has 0 aliphatic heterocycles. The van der Waals surface area contributed by atoms with Gasteiger partial charge in [0, 0.05) is 0 Å². The number of benzene rings is 2. The van der Waals surface area contributed by atoms with Crippen LogP contribution in [-0.4, -0.2) is 19.1 Å². The van der Waals surface area contributed by atoms with E-state index in [-0.39, 0.29) is 11.9 Å². The van der Waals surface area contributed by atoms with Gasteiger partial charge in [0.05, 0.1) is 13.2 Å². The first-order valence-electron chi connectivity index (χ1n) is 9.57. The molecule has 2 aromatic rings. The summed E-state index contributed by atoms with van der Waals surface area (Å²) < 4.78 is 11.2. The predicted octanol–water partition coefficient (Wildman–Crippen LogP) is 5.16. The summed E-state index contributed by atoms with van der Waals surface area (Å²) in [6.07, 6.45) is 0.225. The van der Waals surface area contributed by atoms with E-state index in [1.54, 1.807) is 14.0 Å². The minimum Gasteiger partial charge on any atom is -0.497 e. The van der Waals surface area contributed by atoms with Crippen molar-refractivity contribution in [2.75, 3.05) is 7.11 Å². The molecule has 0 fully saturated rings. The molecule has 0 aliphatic carbocycles. The second-order valence-corrected chi connectivity index (χ2v) is 7.20. The van der Waals surface area contributed by atoms with Gasteiger partial charge >= 0.3 is 0 Å². The van der Waals surface area contributed by atoms with E-state index >= 15 is 0 Å². The van der Waals surface area contributed by atoms with Crippen molar-refractivity contribution in [3.05, 3.63) is 59.2 Å². The van der Waals surface area contributed by atoms with Crippen LogP contribution in [0.3, 0.4) is 0 Å². The first-order valence-corrected chi connectivity index (χ1v) is 9.57. The van der Waals surface area contributed by atoms with E-state index in [2.05, 4.69) is 38.2 Å². The Kier molecular flexibility index (Phi) is 7.28. The average Bonchev–Trinajstić information content (AvgIpc) is 2.65. The Morgan fingerprint density at radius 3 is 2.30 bits per heavy atom. The highest BCUT2D eigenvalue weighted by Gasteiger charge is 2.21. The standard InChI is InChI=1S/C23H31NO3/c1-7-21(18-9-11-19(26-6)12-10-18)24-23(25)17(5)27-22-14-16(4)8-13-20(22)15(2)3/h8-15,17,21H,7H2,1-6H3,(H,24,25)/t17-,21-/m0/s1.